The maximum absolute atomic E-state index is 10.2. The van der Waals surface area contributed by atoms with Crippen molar-refractivity contribution in [1.29, 1.82) is 0 Å². The summed E-state index contributed by atoms with van der Waals surface area (Å²) < 4.78 is 21.0. The fourth-order valence-electron chi connectivity index (χ4n) is 0.800. The second-order valence-electron chi connectivity index (χ2n) is 2.01. The summed E-state index contributed by atoms with van der Waals surface area (Å²) in [4.78, 5) is 0. The summed E-state index contributed by atoms with van der Waals surface area (Å²) in [6, 6.07) is 0. The number of allylic oxidation sites excluding steroid dienone is 4. The molecular formula is C6H9NO2S. The first-order valence-electron chi connectivity index (χ1n) is 3.02. The zero-order valence-electron chi connectivity index (χ0n) is 5.41. The minimum Gasteiger partial charge on any atom is -0.289 e. The van der Waals surface area contributed by atoms with Gasteiger partial charge < -0.3 is 0 Å². The van der Waals surface area contributed by atoms with Crippen LogP contribution in [0.4, 0.5) is 0 Å². The van der Waals surface area contributed by atoms with Crippen LogP contribution in [0.3, 0.4) is 0 Å². The highest BCUT2D eigenvalue weighted by molar-refractivity contribution is 7.77. The Morgan fingerprint density at radius 1 is 1.70 bits per heavy atom. The van der Waals surface area contributed by atoms with Gasteiger partial charge in [0.05, 0.1) is 0 Å². The van der Waals surface area contributed by atoms with E-state index < -0.39 is 11.3 Å². The van der Waals surface area contributed by atoms with Crippen LogP contribution in [0.5, 0.6) is 0 Å². The number of hydrogen-bond acceptors (Lipinski definition) is 1. The van der Waals surface area contributed by atoms with Gasteiger partial charge in [-0.05, 0) is 18.9 Å². The molecule has 0 bridgehead atoms. The topological polar surface area (TPSA) is 49.3 Å². The van der Waals surface area contributed by atoms with Gasteiger partial charge in [-0.25, -0.2) is 4.21 Å². The van der Waals surface area contributed by atoms with Crippen molar-refractivity contribution in [3.63, 3.8) is 0 Å². The van der Waals surface area contributed by atoms with E-state index in [9.17, 15) is 4.21 Å². The normalized spacial score (nSPS) is 19.9. The van der Waals surface area contributed by atoms with Gasteiger partial charge in [0, 0.05) is 5.70 Å². The molecule has 0 aromatic rings. The van der Waals surface area contributed by atoms with Crippen LogP contribution in [0, 0.1) is 0 Å². The van der Waals surface area contributed by atoms with Gasteiger partial charge in [0.25, 0.3) is 11.3 Å². The van der Waals surface area contributed by atoms with Gasteiger partial charge in [-0.15, -0.1) is 0 Å². The summed E-state index contributed by atoms with van der Waals surface area (Å²) >= 11 is -1.92. The summed E-state index contributed by atoms with van der Waals surface area (Å²) in [7, 11) is 0. The lowest BCUT2D eigenvalue weighted by Gasteiger charge is -2.07. The lowest BCUT2D eigenvalue weighted by Crippen LogP contribution is -2.15. The van der Waals surface area contributed by atoms with Crippen LogP contribution in [0.1, 0.15) is 12.8 Å². The molecule has 10 heavy (non-hydrogen) atoms. The molecule has 56 valence electrons. The van der Waals surface area contributed by atoms with Crippen LogP contribution in [-0.4, -0.2) is 8.76 Å². The van der Waals surface area contributed by atoms with Gasteiger partial charge in [-0.2, -0.15) is 0 Å². The van der Waals surface area contributed by atoms with Crippen LogP contribution in [-0.2, 0) is 11.3 Å². The van der Waals surface area contributed by atoms with Crippen molar-refractivity contribution >= 4 is 11.3 Å². The van der Waals surface area contributed by atoms with Gasteiger partial charge in [0.2, 0.25) is 0 Å². The predicted molar refractivity (Wildman–Crippen MR) is 40.4 cm³/mol. The highest BCUT2D eigenvalue weighted by atomic mass is 32.2. The third-order valence-corrected chi connectivity index (χ3v) is 1.67. The fourth-order valence-corrected chi connectivity index (χ4v) is 1.19. The van der Waals surface area contributed by atoms with Gasteiger partial charge in [-0.3, -0.25) is 9.27 Å². The third kappa shape index (κ3) is 2.33. The van der Waals surface area contributed by atoms with Gasteiger partial charge in [0.15, 0.2) is 0 Å². The molecule has 0 saturated heterocycles. The van der Waals surface area contributed by atoms with E-state index in [1.807, 2.05) is 12.2 Å². The average molecular weight is 159 g/mol. The summed E-state index contributed by atoms with van der Waals surface area (Å²) in [5.74, 6) is 0. The van der Waals surface area contributed by atoms with Gasteiger partial charge in [0.1, 0.15) is 0 Å². The maximum Gasteiger partial charge on any atom is 0.258 e. The zero-order chi connectivity index (χ0) is 7.40. The van der Waals surface area contributed by atoms with Crippen LogP contribution < -0.4 is 4.72 Å². The van der Waals surface area contributed by atoms with E-state index >= 15 is 0 Å². The molecule has 1 unspecified atom stereocenters. The van der Waals surface area contributed by atoms with Crippen molar-refractivity contribution in [3.8, 4) is 0 Å². The number of rotatable bonds is 2. The minimum absolute atomic E-state index is 0.822. The van der Waals surface area contributed by atoms with Gasteiger partial charge >= 0.3 is 0 Å². The Morgan fingerprint density at radius 3 is 3.00 bits per heavy atom. The molecule has 0 fully saturated rings. The second-order valence-corrected chi connectivity index (χ2v) is 2.71. The average Bonchev–Trinajstić information content (AvgIpc) is 1.88. The molecule has 1 rings (SSSR count). The molecule has 0 amide bonds. The van der Waals surface area contributed by atoms with Crippen LogP contribution in [0.25, 0.3) is 0 Å². The Balaban J connectivity index is 2.47. The molecule has 1 atom stereocenters. The van der Waals surface area contributed by atoms with E-state index in [4.69, 9.17) is 4.55 Å². The van der Waals surface area contributed by atoms with Crippen molar-refractivity contribution in [2.75, 3.05) is 0 Å². The quantitative estimate of drug-likeness (QED) is 0.589. The van der Waals surface area contributed by atoms with E-state index in [0.29, 0.717) is 0 Å². The first-order chi connectivity index (χ1) is 4.79. The molecule has 4 heteroatoms. The minimum atomic E-state index is -1.92. The van der Waals surface area contributed by atoms with Crippen LogP contribution in [0.2, 0.25) is 0 Å². The van der Waals surface area contributed by atoms with Crippen molar-refractivity contribution < 1.29 is 8.76 Å². The monoisotopic (exact) mass is 159 g/mol. The lowest BCUT2D eigenvalue weighted by atomic mass is 10.1. The molecule has 0 saturated carbocycles. The highest BCUT2D eigenvalue weighted by Gasteiger charge is 1.99. The Hall–Kier alpha value is -0.610. The number of nitrogens with one attached hydrogen (secondary N) is 1. The Morgan fingerprint density at radius 2 is 2.50 bits per heavy atom. The summed E-state index contributed by atoms with van der Waals surface area (Å²) in [5, 5.41) is 0. The smallest absolute Gasteiger partial charge is 0.258 e. The second kappa shape index (κ2) is 3.53. The van der Waals surface area contributed by atoms with Crippen molar-refractivity contribution in [2.45, 2.75) is 12.8 Å². The highest BCUT2D eigenvalue weighted by Crippen LogP contribution is 2.08. The van der Waals surface area contributed by atoms with Crippen LogP contribution in [0.15, 0.2) is 23.9 Å². The van der Waals surface area contributed by atoms with E-state index in [1.54, 1.807) is 6.08 Å². The van der Waals surface area contributed by atoms with Crippen molar-refractivity contribution in [1.82, 2.24) is 4.72 Å². The van der Waals surface area contributed by atoms with Crippen molar-refractivity contribution in [2.24, 2.45) is 0 Å². The van der Waals surface area contributed by atoms with E-state index in [2.05, 4.69) is 4.72 Å². The maximum atomic E-state index is 10.2. The SMILES string of the molecule is O=S(O)NC1=CC=CCC1. The first kappa shape index (κ1) is 7.50. The summed E-state index contributed by atoms with van der Waals surface area (Å²) in [5.41, 5.74) is 0.823. The molecule has 2 N–H and O–H groups in total. The van der Waals surface area contributed by atoms with E-state index in [1.165, 1.54) is 0 Å². The molecular weight excluding hydrogens is 150 g/mol. The molecule has 0 aromatic carbocycles. The molecule has 0 aliphatic heterocycles. The third-order valence-electron chi connectivity index (χ3n) is 1.23. The summed E-state index contributed by atoms with van der Waals surface area (Å²) in [6.45, 7) is 0. The van der Waals surface area contributed by atoms with Crippen molar-refractivity contribution in [3.05, 3.63) is 23.9 Å². The largest absolute Gasteiger partial charge is 0.289 e. The first-order valence-corrected chi connectivity index (χ1v) is 4.13. The van der Waals surface area contributed by atoms with Gasteiger partial charge in [-0.1, -0.05) is 12.2 Å². The van der Waals surface area contributed by atoms with E-state index in [0.717, 1.165) is 18.5 Å². The predicted octanol–water partition coefficient (Wildman–Crippen LogP) is 0.947. The Labute approximate surface area is 62.2 Å². The molecule has 0 aromatic heterocycles. The zero-order valence-corrected chi connectivity index (χ0v) is 6.23. The Bertz CT molecular complexity index is 198. The molecule has 0 heterocycles. The number of hydrogen-bond donors (Lipinski definition) is 2. The molecule has 0 spiro atoms. The molecule has 1 aliphatic carbocycles. The fraction of sp³-hybridized carbons (Fsp3) is 0.333. The summed E-state index contributed by atoms with van der Waals surface area (Å²) in [6.07, 6.45) is 7.46. The standard InChI is InChI=1S/C6H9NO2S/c8-10(9)7-6-4-2-1-3-5-6/h1-2,4,7H,3,5H2,(H,8,9). The molecule has 1 aliphatic rings. The molecule has 0 radical (unpaired) electrons. The van der Waals surface area contributed by atoms with Crippen LogP contribution >= 0.6 is 0 Å². The Kier molecular flexibility index (Phi) is 2.65. The lowest BCUT2D eigenvalue weighted by molar-refractivity contribution is 0.554. The molecule has 3 nitrogen and oxygen atoms in total. The van der Waals surface area contributed by atoms with E-state index in [-0.39, 0.29) is 0 Å².